The minimum absolute atomic E-state index is 0.215. The second kappa shape index (κ2) is 5.23. The Morgan fingerprint density at radius 1 is 1.53 bits per heavy atom. The number of amides is 2. The molecule has 0 aliphatic heterocycles. The smallest absolute Gasteiger partial charge is 0.317 e. The van der Waals surface area contributed by atoms with Crippen molar-refractivity contribution in [2.75, 3.05) is 13.6 Å². The van der Waals surface area contributed by atoms with Gasteiger partial charge in [-0.1, -0.05) is 0 Å². The van der Waals surface area contributed by atoms with E-state index < -0.39 is 25.2 Å². The second-order valence-electron chi connectivity index (χ2n) is 3.83. The van der Waals surface area contributed by atoms with E-state index in [0.29, 0.717) is 12.8 Å². The molecule has 1 aliphatic rings. The molecule has 2 unspecified atom stereocenters. The molecule has 0 aromatic rings. The van der Waals surface area contributed by atoms with Crippen molar-refractivity contribution in [2.45, 2.75) is 37.9 Å². The maximum absolute atomic E-state index is 12.8. The molecule has 0 aromatic carbocycles. The Morgan fingerprint density at radius 3 is 2.67 bits per heavy atom. The van der Waals surface area contributed by atoms with Crippen LogP contribution in [-0.2, 0) is 0 Å². The summed E-state index contributed by atoms with van der Waals surface area (Å²) in [6.45, 7) is -0.600. The Labute approximate surface area is 86.6 Å². The highest BCUT2D eigenvalue weighted by Gasteiger charge is 2.26. The first kappa shape index (κ1) is 12.1. The molecule has 1 aliphatic carbocycles. The van der Waals surface area contributed by atoms with Gasteiger partial charge in [-0.15, -0.1) is 0 Å². The third-order valence-electron chi connectivity index (χ3n) is 2.45. The number of alkyl halides is 3. The molecule has 1 fully saturated rings. The molecule has 1 saturated carbocycles. The quantitative estimate of drug-likeness (QED) is 0.778. The van der Waals surface area contributed by atoms with Crippen molar-refractivity contribution in [3.05, 3.63) is 0 Å². The summed E-state index contributed by atoms with van der Waals surface area (Å²) in [5, 5.41) is 2.53. The van der Waals surface area contributed by atoms with Crippen LogP contribution in [0, 0.1) is 0 Å². The van der Waals surface area contributed by atoms with Crippen LogP contribution in [0.5, 0.6) is 0 Å². The van der Waals surface area contributed by atoms with Crippen molar-refractivity contribution in [3.8, 4) is 0 Å². The first-order valence-corrected chi connectivity index (χ1v) is 4.93. The number of nitrogens with one attached hydrogen (secondary N) is 1. The standard InChI is InChI=1S/C9H15F3N2O/c1-14(5-8(11)12)9(15)13-7-3-2-6(10)4-7/h6-8H,2-5H2,1H3,(H,13,15). The number of carbonyl (C=O) groups excluding carboxylic acids is 1. The van der Waals surface area contributed by atoms with Crippen molar-refractivity contribution in [1.29, 1.82) is 0 Å². The summed E-state index contributed by atoms with van der Waals surface area (Å²) >= 11 is 0. The van der Waals surface area contributed by atoms with E-state index in [-0.39, 0.29) is 12.5 Å². The van der Waals surface area contributed by atoms with Crippen LogP contribution in [0.2, 0.25) is 0 Å². The highest BCUT2D eigenvalue weighted by molar-refractivity contribution is 5.74. The van der Waals surface area contributed by atoms with Crippen LogP contribution in [-0.4, -0.2) is 43.2 Å². The summed E-state index contributed by atoms with van der Waals surface area (Å²) in [5.74, 6) is 0. The molecule has 2 atom stereocenters. The maximum atomic E-state index is 12.8. The number of rotatable bonds is 3. The molecular formula is C9H15F3N2O. The van der Waals surface area contributed by atoms with E-state index >= 15 is 0 Å². The lowest BCUT2D eigenvalue weighted by molar-refractivity contribution is 0.107. The van der Waals surface area contributed by atoms with Gasteiger partial charge < -0.3 is 10.2 Å². The van der Waals surface area contributed by atoms with Crippen molar-refractivity contribution in [3.63, 3.8) is 0 Å². The summed E-state index contributed by atoms with van der Waals surface area (Å²) in [6, 6.07) is -0.776. The molecule has 0 radical (unpaired) electrons. The Hall–Kier alpha value is -0.940. The fourth-order valence-electron chi connectivity index (χ4n) is 1.63. The van der Waals surface area contributed by atoms with Gasteiger partial charge in [0.2, 0.25) is 0 Å². The van der Waals surface area contributed by atoms with E-state index in [4.69, 9.17) is 0 Å². The van der Waals surface area contributed by atoms with Crippen LogP contribution in [0.3, 0.4) is 0 Å². The van der Waals surface area contributed by atoms with Gasteiger partial charge in [0.05, 0.1) is 6.54 Å². The lowest BCUT2D eigenvalue weighted by atomic mass is 10.2. The number of halogens is 3. The van der Waals surface area contributed by atoms with Gasteiger partial charge in [-0.3, -0.25) is 0 Å². The fourth-order valence-corrected chi connectivity index (χ4v) is 1.63. The van der Waals surface area contributed by atoms with Gasteiger partial charge in [0.1, 0.15) is 6.17 Å². The number of hydrogen-bond acceptors (Lipinski definition) is 1. The molecule has 1 rings (SSSR count). The van der Waals surface area contributed by atoms with E-state index in [0.717, 1.165) is 4.90 Å². The summed E-state index contributed by atoms with van der Waals surface area (Å²) in [4.78, 5) is 12.2. The van der Waals surface area contributed by atoms with Crippen LogP contribution in [0.15, 0.2) is 0 Å². The topological polar surface area (TPSA) is 32.3 Å². The van der Waals surface area contributed by atoms with Gasteiger partial charge in [-0.2, -0.15) is 0 Å². The molecule has 6 heteroatoms. The van der Waals surface area contributed by atoms with Gasteiger partial charge in [-0.05, 0) is 19.3 Å². The van der Waals surface area contributed by atoms with Crippen LogP contribution in [0.1, 0.15) is 19.3 Å². The SMILES string of the molecule is CN(CC(F)F)C(=O)NC1CCC(F)C1. The van der Waals surface area contributed by atoms with Gasteiger partial charge in [0.15, 0.2) is 0 Å². The van der Waals surface area contributed by atoms with E-state index in [1.165, 1.54) is 7.05 Å². The first-order valence-electron chi connectivity index (χ1n) is 4.93. The van der Waals surface area contributed by atoms with E-state index in [2.05, 4.69) is 5.32 Å². The molecule has 3 nitrogen and oxygen atoms in total. The molecular weight excluding hydrogens is 209 g/mol. The summed E-state index contributed by atoms with van der Waals surface area (Å²) < 4.78 is 36.6. The number of nitrogens with zero attached hydrogens (tertiary/aromatic N) is 1. The average molecular weight is 224 g/mol. The van der Waals surface area contributed by atoms with Gasteiger partial charge >= 0.3 is 6.03 Å². The zero-order valence-electron chi connectivity index (χ0n) is 8.55. The lowest BCUT2D eigenvalue weighted by Gasteiger charge is -2.20. The molecule has 15 heavy (non-hydrogen) atoms. The highest BCUT2D eigenvalue weighted by atomic mass is 19.3. The van der Waals surface area contributed by atoms with Crippen LogP contribution in [0.4, 0.5) is 18.0 Å². The number of hydrogen-bond donors (Lipinski definition) is 1. The molecule has 0 spiro atoms. The van der Waals surface area contributed by atoms with Crippen molar-refractivity contribution in [2.24, 2.45) is 0 Å². The zero-order valence-corrected chi connectivity index (χ0v) is 8.55. The first-order chi connectivity index (χ1) is 6.99. The average Bonchev–Trinajstić information content (AvgIpc) is 2.50. The molecule has 0 heterocycles. The lowest BCUT2D eigenvalue weighted by Crippen LogP contribution is -2.43. The Kier molecular flexibility index (Phi) is 4.23. The van der Waals surface area contributed by atoms with E-state index in [1.54, 1.807) is 0 Å². The Bertz CT molecular complexity index is 225. The van der Waals surface area contributed by atoms with E-state index in [1.807, 2.05) is 0 Å². The maximum Gasteiger partial charge on any atom is 0.317 e. The summed E-state index contributed by atoms with van der Waals surface area (Å²) in [5.41, 5.74) is 0. The monoisotopic (exact) mass is 224 g/mol. The van der Waals surface area contributed by atoms with E-state index in [9.17, 15) is 18.0 Å². The minimum Gasteiger partial charge on any atom is -0.335 e. The Morgan fingerprint density at radius 2 is 2.20 bits per heavy atom. The van der Waals surface area contributed by atoms with Crippen molar-refractivity contribution in [1.82, 2.24) is 10.2 Å². The number of urea groups is 1. The third-order valence-corrected chi connectivity index (χ3v) is 2.45. The fraction of sp³-hybridized carbons (Fsp3) is 0.889. The van der Waals surface area contributed by atoms with Gasteiger partial charge in [0.25, 0.3) is 6.43 Å². The predicted octanol–water partition coefficient (Wildman–Crippen LogP) is 1.78. The summed E-state index contributed by atoms with van der Waals surface area (Å²) in [7, 11) is 1.30. The van der Waals surface area contributed by atoms with Crippen molar-refractivity contribution < 1.29 is 18.0 Å². The molecule has 0 bridgehead atoms. The van der Waals surface area contributed by atoms with Crippen molar-refractivity contribution >= 4 is 6.03 Å². The second-order valence-corrected chi connectivity index (χ2v) is 3.83. The zero-order chi connectivity index (χ0) is 11.4. The Balaban J connectivity index is 2.28. The molecule has 2 amide bonds. The molecule has 88 valence electrons. The van der Waals surface area contributed by atoms with Crippen LogP contribution in [0.25, 0.3) is 0 Å². The normalized spacial score (nSPS) is 25.7. The van der Waals surface area contributed by atoms with Gasteiger partial charge in [-0.25, -0.2) is 18.0 Å². The molecule has 0 aromatic heterocycles. The third kappa shape index (κ3) is 3.97. The predicted molar refractivity (Wildman–Crippen MR) is 49.7 cm³/mol. The highest BCUT2D eigenvalue weighted by Crippen LogP contribution is 2.21. The van der Waals surface area contributed by atoms with Crippen LogP contribution >= 0.6 is 0 Å². The number of carbonyl (C=O) groups is 1. The van der Waals surface area contributed by atoms with Crippen LogP contribution < -0.4 is 5.32 Å². The minimum atomic E-state index is -2.54. The van der Waals surface area contributed by atoms with Gasteiger partial charge in [0, 0.05) is 13.1 Å². The summed E-state index contributed by atoms with van der Waals surface area (Å²) in [6.07, 6.45) is -2.12. The molecule has 0 saturated heterocycles. The largest absolute Gasteiger partial charge is 0.335 e. The molecule has 1 N–H and O–H groups in total.